The van der Waals surface area contributed by atoms with Gasteiger partial charge in [-0.2, -0.15) is 5.26 Å². The second kappa shape index (κ2) is 4.69. The third-order valence-electron chi connectivity index (χ3n) is 1.90. The molecule has 0 atom stereocenters. The van der Waals surface area contributed by atoms with E-state index in [0.29, 0.717) is 5.69 Å². The number of nitrogens with zero attached hydrogens (tertiary/aromatic N) is 2. The molecule has 0 amide bonds. The average Bonchev–Trinajstić information content (AvgIpc) is 2.32. The molecule has 0 bridgehead atoms. The Morgan fingerprint density at radius 3 is 2.56 bits per heavy atom. The zero-order valence-electron chi connectivity index (χ0n) is 8.29. The van der Waals surface area contributed by atoms with Crippen molar-refractivity contribution in [2.45, 2.75) is 9.92 Å². The van der Waals surface area contributed by atoms with Gasteiger partial charge in [-0.1, -0.05) is 17.8 Å². The molecule has 16 heavy (non-hydrogen) atoms. The summed E-state index contributed by atoms with van der Waals surface area (Å²) in [5, 5.41) is 18.6. The number of phenols is 1. The second-order valence-electron chi connectivity index (χ2n) is 3.07. The van der Waals surface area contributed by atoms with E-state index >= 15 is 0 Å². The van der Waals surface area contributed by atoms with Crippen molar-refractivity contribution in [1.29, 1.82) is 5.26 Å². The number of hydrogen-bond donors (Lipinski definition) is 1. The van der Waals surface area contributed by atoms with Crippen molar-refractivity contribution in [2.24, 2.45) is 0 Å². The molecule has 3 nitrogen and oxygen atoms in total. The Balaban J connectivity index is 2.21. The van der Waals surface area contributed by atoms with Gasteiger partial charge < -0.3 is 5.11 Å². The highest BCUT2D eigenvalue weighted by Crippen LogP contribution is 2.27. The molecule has 0 spiro atoms. The van der Waals surface area contributed by atoms with Gasteiger partial charge in [-0.25, -0.2) is 4.98 Å². The molecule has 0 aliphatic carbocycles. The van der Waals surface area contributed by atoms with Gasteiger partial charge in [0, 0.05) is 4.90 Å². The van der Waals surface area contributed by atoms with E-state index in [1.165, 1.54) is 11.8 Å². The Morgan fingerprint density at radius 1 is 1.12 bits per heavy atom. The normalized spacial score (nSPS) is 9.69. The summed E-state index contributed by atoms with van der Waals surface area (Å²) in [6.07, 6.45) is 0. The van der Waals surface area contributed by atoms with Gasteiger partial charge in [0.25, 0.3) is 0 Å². The molecule has 0 radical (unpaired) electrons. The molecule has 1 aromatic heterocycles. The van der Waals surface area contributed by atoms with Crippen molar-refractivity contribution in [3.63, 3.8) is 0 Å². The molecule has 0 saturated heterocycles. The monoisotopic (exact) mass is 228 g/mol. The third kappa shape index (κ3) is 2.53. The molecule has 4 heteroatoms. The maximum Gasteiger partial charge on any atom is 0.141 e. The van der Waals surface area contributed by atoms with Crippen molar-refractivity contribution in [2.75, 3.05) is 0 Å². The van der Waals surface area contributed by atoms with Gasteiger partial charge in [-0.3, -0.25) is 0 Å². The first-order valence-electron chi connectivity index (χ1n) is 4.62. The highest BCUT2D eigenvalue weighted by Gasteiger charge is 2.00. The van der Waals surface area contributed by atoms with Gasteiger partial charge >= 0.3 is 0 Å². The largest absolute Gasteiger partial charge is 0.508 e. The van der Waals surface area contributed by atoms with Crippen LogP contribution in [0.2, 0.25) is 0 Å². The Labute approximate surface area is 97.4 Å². The topological polar surface area (TPSA) is 56.9 Å². The minimum atomic E-state index is 0.239. The Hall–Kier alpha value is -1.99. The molecule has 1 N–H and O–H groups in total. The minimum Gasteiger partial charge on any atom is -0.508 e. The van der Waals surface area contributed by atoms with E-state index in [0.717, 1.165) is 9.92 Å². The SMILES string of the molecule is N#Cc1cccc(Sc2ccc(O)cc2)n1. The highest BCUT2D eigenvalue weighted by atomic mass is 32.2. The molecular formula is C12H8N2OS. The summed E-state index contributed by atoms with van der Waals surface area (Å²) < 4.78 is 0. The number of pyridine rings is 1. The lowest BCUT2D eigenvalue weighted by molar-refractivity contribution is 0.475. The fraction of sp³-hybridized carbons (Fsp3) is 0. The molecule has 0 aliphatic rings. The molecule has 0 saturated carbocycles. The van der Waals surface area contributed by atoms with Crippen LogP contribution in [0.5, 0.6) is 5.75 Å². The number of hydrogen-bond acceptors (Lipinski definition) is 4. The summed E-state index contributed by atoms with van der Waals surface area (Å²) >= 11 is 1.45. The van der Waals surface area contributed by atoms with Crippen LogP contribution in [-0.2, 0) is 0 Å². The zero-order chi connectivity index (χ0) is 11.4. The summed E-state index contributed by atoms with van der Waals surface area (Å²) in [7, 11) is 0. The Bertz CT molecular complexity index is 531. The van der Waals surface area contributed by atoms with E-state index in [1.54, 1.807) is 36.4 Å². The van der Waals surface area contributed by atoms with Crippen LogP contribution in [0.4, 0.5) is 0 Å². The molecular weight excluding hydrogens is 220 g/mol. The van der Waals surface area contributed by atoms with E-state index in [-0.39, 0.29) is 5.75 Å². The van der Waals surface area contributed by atoms with Crippen LogP contribution < -0.4 is 0 Å². The van der Waals surface area contributed by atoms with Gasteiger partial charge in [-0.15, -0.1) is 0 Å². The van der Waals surface area contributed by atoms with E-state index in [1.807, 2.05) is 12.1 Å². The van der Waals surface area contributed by atoms with Crippen molar-refractivity contribution in [1.82, 2.24) is 4.98 Å². The number of phenolic OH excluding ortho intramolecular Hbond substituents is 1. The zero-order valence-corrected chi connectivity index (χ0v) is 9.11. The first-order valence-corrected chi connectivity index (χ1v) is 5.43. The molecule has 1 aromatic carbocycles. The predicted octanol–water partition coefficient (Wildman–Crippen LogP) is 2.81. The second-order valence-corrected chi connectivity index (χ2v) is 4.16. The van der Waals surface area contributed by atoms with E-state index < -0.39 is 0 Å². The van der Waals surface area contributed by atoms with E-state index in [2.05, 4.69) is 4.98 Å². The maximum atomic E-state index is 9.14. The summed E-state index contributed by atoms with van der Waals surface area (Å²) in [6.45, 7) is 0. The molecule has 1 heterocycles. The van der Waals surface area contributed by atoms with Crippen molar-refractivity contribution in [3.8, 4) is 11.8 Å². The lowest BCUT2D eigenvalue weighted by atomic mass is 10.3. The molecule has 2 aromatic rings. The smallest absolute Gasteiger partial charge is 0.141 e. The molecule has 0 aliphatic heterocycles. The van der Waals surface area contributed by atoms with Gasteiger partial charge in [0.15, 0.2) is 0 Å². The van der Waals surface area contributed by atoms with Gasteiger partial charge in [0.2, 0.25) is 0 Å². The van der Waals surface area contributed by atoms with Gasteiger partial charge in [0.1, 0.15) is 22.5 Å². The number of aromatic nitrogens is 1. The lowest BCUT2D eigenvalue weighted by Gasteiger charge is -2.00. The molecule has 78 valence electrons. The maximum absolute atomic E-state index is 9.14. The van der Waals surface area contributed by atoms with Crippen molar-refractivity contribution in [3.05, 3.63) is 48.2 Å². The van der Waals surface area contributed by atoms with Gasteiger partial charge in [0.05, 0.1) is 0 Å². The Morgan fingerprint density at radius 2 is 1.88 bits per heavy atom. The molecule has 0 unspecified atom stereocenters. The predicted molar refractivity (Wildman–Crippen MR) is 61.2 cm³/mol. The third-order valence-corrected chi connectivity index (χ3v) is 2.84. The van der Waals surface area contributed by atoms with Crippen LogP contribution >= 0.6 is 11.8 Å². The first kappa shape index (κ1) is 10.5. The first-order chi connectivity index (χ1) is 7.78. The van der Waals surface area contributed by atoms with E-state index in [4.69, 9.17) is 10.4 Å². The van der Waals surface area contributed by atoms with Crippen LogP contribution in [0, 0.1) is 11.3 Å². The van der Waals surface area contributed by atoms with Gasteiger partial charge in [-0.05, 0) is 36.4 Å². The molecule has 2 rings (SSSR count). The summed E-state index contributed by atoms with van der Waals surface area (Å²) in [4.78, 5) is 5.12. The molecule has 0 fully saturated rings. The fourth-order valence-electron chi connectivity index (χ4n) is 1.17. The van der Waals surface area contributed by atoms with E-state index in [9.17, 15) is 0 Å². The number of rotatable bonds is 2. The summed E-state index contributed by atoms with van der Waals surface area (Å²) in [6, 6.07) is 14.2. The van der Waals surface area contributed by atoms with Crippen molar-refractivity contribution < 1.29 is 5.11 Å². The van der Waals surface area contributed by atoms with Crippen LogP contribution in [0.15, 0.2) is 52.4 Å². The quantitative estimate of drug-likeness (QED) is 0.858. The number of nitriles is 1. The average molecular weight is 228 g/mol. The van der Waals surface area contributed by atoms with Crippen LogP contribution in [-0.4, -0.2) is 10.1 Å². The Kier molecular flexibility index (Phi) is 3.08. The minimum absolute atomic E-state index is 0.239. The van der Waals surface area contributed by atoms with Crippen LogP contribution in [0.25, 0.3) is 0 Å². The standard InChI is InChI=1S/C12H8N2OS/c13-8-9-2-1-3-12(14-9)16-11-6-4-10(15)5-7-11/h1-7,15H. The van der Waals surface area contributed by atoms with Crippen LogP contribution in [0.3, 0.4) is 0 Å². The lowest BCUT2D eigenvalue weighted by Crippen LogP contribution is -1.84. The van der Waals surface area contributed by atoms with Crippen molar-refractivity contribution >= 4 is 11.8 Å². The number of benzene rings is 1. The fourth-order valence-corrected chi connectivity index (χ4v) is 1.97. The highest BCUT2D eigenvalue weighted by molar-refractivity contribution is 7.99. The van der Waals surface area contributed by atoms with Crippen LogP contribution in [0.1, 0.15) is 5.69 Å². The summed E-state index contributed by atoms with van der Waals surface area (Å²) in [5.41, 5.74) is 0.406. The number of aromatic hydroxyl groups is 1. The summed E-state index contributed by atoms with van der Waals surface area (Å²) in [5.74, 6) is 0.239.